The van der Waals surface area contributed by atoms with Crippen molar-refractivity contribution in [3.63, 3.8) is 0 Å². The van der Waals surface area contributed by atoms with E-state index in [9.17, 15) is 18.3 Å². The lowest BCUT2D eigenvalue weighted by Gasteiger charge is -2.13. The van der Waals surface area contributed by atoms with E-state index in [4.69, 9.17) is 0 Å². The Morgan fingerprint density at radius 2 is 2.06 bits per heavy atom. The second-order valence-corrected chi connectivity index (χ2v) is 4.82. The normalized spacial score (nSPS) is 13.4. The van der Waals surface area contributed by atoms with Crippen molar-refractivity contribution in [3.05, 3.63) is 28.2 Å². The third-order valence-electron chi connectivity index (χ3n) is 2.56. The van der Waals surface area contributed by atoms with Crippen molar-refractivity contribution in [2.24, 2.45) is 0 Å². The summed E-state index contributed by atoms with van der Waals surface area (Å²) in [5, 5.41) is 12.3. The van der Waals surface area contributed by atoms with Gasteiger partial charge in [-0.25, -0.2) is 0 Å². The number of benzene rings is 1. The van der Waals surface area contributed by atoms with Gasteiger partial charge in [-0.2, -0.15) is 13.2 Å². The van der Waals surface area contributed by atoms with Gasteiger partial charge in [0.25, 0.3) is 0 Å². The fourth-order valence-corrected chi connectivity index (χ4v) is 1.93. The Morgan fingerprint density at radius 3 is 2.56 bits per heavy atom. The minimum Gasteiger partial charge on any atom is -0.393 e. The van der Waals surface area contributed by atoms with Crippen molar-refractivity contribution in [1.29, 1.82) is 0 Å². The molecule has 0 saturated heterocycles. The third kappa shape index (κ3) is 4.49. The standard InChI is InChI=1S/C12H15BrF3NO/c1-2-9(18)5-6-17-11-4-3-8(7-10(11)13)12(14,15)16/h3-4,7,9,17-18H,2,5-6H2,1H3. The van der Waals surface area contributed by atoms with Crippen LogP contribution in [-0.2, 0) is 6.18 Å². The fraction of sp³-hybridized carbons (Fsp3) is 0.500. The molecule has 0 spiro atoms. The predicted molar refractivity (Wildman–Crippen MR) is 68.5 cm³/mol. The number of aliphatic hydroxyl groups excluding tert-OH is 1. The molecule has 0 bridgehead atoms. The summed E-state index contributed by atoms with van der Waals surface area (Å²) < 4.78 is 37.7. The van der Waals surface area contributed by atoms with Crippen LogP contribution in [0.4, 0.5) is 18.9 Å². The number of nitrogens with one attached hydrogen (secondary N) is 1. The van der Waals surface area contributed by atoms with E-state index in [1.807, 2.05) is 6.92 Å². The predicted octanol–water partition coefficient (Wildman–Crippen LogP) is 4.04. The lowest BCUT2D eigenvalue weighted by atomic mass is 10.2. The molecule has 2 nitrogen and oxygen atoms in total. The molecule has 1 rings (SSSR count). The van der Waals surface area contributed by atoms with E-state index in [0.29, 0.717) is 29.5 Å². The van der Waals surface area contributed by atoms with E-state index in [2.05, 4.69) is 21.2 Å². The quantitative estimate of drug-likeness (QED) is 0.856. The molecule has 1 unspecified atom stereocenters. The van der Waals surface area contributed by atoms with Gasteiger partial charge in [-0.15, -0.1) is 0 Å². The van der Waals surface area contributed by atoms with Crippen molar-refractivity contribution in [2.45, 2.75) is 32.0 Å². The topological polar surface area (TPSA) is 32.3 Å². The van der Waals surface area contributed by atoms with Crippen molar-refractivity contribution >= 4 is 21.6 Å². The molecule has 2 N–H and O–H groups in total. The summed E-state index contributed by atoms with van der Waals surface area (Å²) in [5.41, 5.74) is -0.0974. The van der Waals surface area contributed by atoms with Crippen LogP contribution in [0.2, 0.25) is 0 Å². The maximum atomic E-state index is 12.4. The number of aliphatic hydroxyl groups is 1. The molecule has 1 aromatic rings. The summed E-state index contributed by atoms with van der Waals surface area (Å²) in [6.07, 6.45) is -3.50. The van der Waals surface area contributed by atoms with Crippen LogP contribution in [0.3, 0.4) is 0 Å². The minimum absolute atomic E-state index is 0.364. The molecule has 6 heteroatoms. The molecule has 0 amide bonds. The summed E-state index contributed by atoms with van der Waals surface area (Å²) in [5.74, 6) is 0. The summed E-state index contributed by atoms with van der Waals surface area (Å²) in [6.45, 7) is 2.39. The van der Waals surface area contributed by atoms with Gasteiger partial charge in [-0.05, 0) is 47.0 Å². The van der Waals surface area contributed by atoms with Gasteiger partial charge in [0.15, 0.2) is 0 Å². The Morgan fingerprint density at radius 1 is 1.39 bits per heavy atom. The Balaban J connectivity index is 2.63. The largest absolute Gasteiger partial charge is 0.416 e. The van der Waals surface area contributed by atoms with E-state index in [-0.39, 0.29) is 6.10 Å². The first kappa shape index (κ1) is 15.3. The van der Waals surface area contributed by atoms with E-state index < -0.39 is 11.7 Å². The van der Waals surface area contributed by atoms with E-state index in [1.165, 1.54) is 6.07 Å². The molecular formula is C12H15BrF3NO. The van der Waals surface area contributed by atoms with Crippen LogP contribution >= 0.6 is 15.9 Å². The molecule has 0 heterocycles. The molecule has 0 aliphatic heterocycles. The second kappa shape index (κ2) is 6.43. The van der Waals surface area contributed by atoms with Crippen LogP contribution in [0.25, 0.3) is 0 Å². The zero-order valence-corrected chi connectivity index (χ0v) is 11.5. The summed E-state index contributed by atoms with van der Waals surface area (Å²) in [6, 6.07) is 3.45. The second-order valence-electron chi connectivity index (χ2n) is 3.97. The highest BCUT2D eigenvalue weighted by Crippen LogP contribution is 2.33. The molecule has 18 heavy (non-hydrogen) atoms. The number of hydrogen-bond acceptors (Lipinski definition) is 2. The van der Waals surface area contributed by atoms with Crippen LogP contribution in [0.15, 0.2) is 22.7 Å². The fourth-order valence-electron chi connectivity index (χ4n) is 1.41. The van der Waals surface area contributed by atoms with Crippen LogP contribution in [0, 0.1) is 0 Å². The first-order valence-corrected chi connectivity index (χ1v) is 6.42. The number of anilines is 1. The van der Waals surface area contributed by atoms with Gasteiger partial charge in [0.1, 0.15) is 0 Å². The SMILES string of the molecule is CCC(O)CCNc1ccc(C(F)(F)F)cc1Br. The van der Waals surface area contributed by atoms with Crippen molar-refractivity contribution in [3.8, 4) is 0 Å². The monoisotopic (exact) mass is 325 g/mol. The molecule has 0 fully saturated rings. The number of rotatable bonds is 5. The summed E-state index contributed by atoms with van der Waals surface area (Å²) >= 11 is 3.10. The molecule has 1 atom stereocenters. The van der Waals surface area contributed by atoms with Crippen LogP contribution in [-0.4, -0.2) is 17.8 Å². The van der Waals surface area contributed by atoms with Crippen molar-refractivity contribution in [1.82, 2.24) is 0 Å². The van der Waals surface area contributed by atoms with Gasteiger partial charge >= 0.3 is 6.18 Å². The first-order chi connectivity index (χ1) is 8.34. The highest BCUT2D eigenvalue weighted by atomic mass is 79.9. The average Bonchev–Trinajstić information content (AvgIpc) is 2.29. The number of halogens is 4. The average molecular weight is 326 g/mol. The van der Waals surface area contributed by atoms with E-state index >= 15 is 0 Å². The van der Waals surface area contributed by atoms with Crippen LogP contribution < -0.4 is 5.32 Å². The molecule has 0 aromatic heterocycles. The zero-order valence-electron chi connectivity index (χ0n) is 9.89. The van der Waals surface area contributed by atoms with Crippen molar-refractivity contribution in [2.75, 3.05) is 11.9 Å². The highest BCUT2D eigenvalue weighted by Gasteiger charge is 2.30. The summed E-state index contributed by atoms with van der Waals surface area (Å²) in [4.78, 5) is 0. The van der Waals surface area contributed by atoms with Crippen LogP contribution in [0.1, 0.15) is 25.3 Å². The lowest BCUT2D eigenvalue weighted by Crippen LogP contribution is -2.12. The van der Waals surface area contributed by atoms with Gasteiger partial charge < -0.3 is 10.4 Å². The number of alkyl halides is 3. The van der Waals surface area contributed by atoms with Gasteiger partial charge in [0.05, 0.1) is 11.7 Å². The molecule has 0 radical (unpaired) electrons. The van der Waals surface area contributed by atoms with Crippen LogP contribution in [0.5, 0.6) is 0 Å². The van der Waals surface area contributed by atoms with Crippen molar-refractivity contribution < 1.29 is 18.3 Å². The third-order valence-corrected chi connectivity index (χ3v) is 3.22. The highest BCUT2D eigenvalue weighted by molar-refractivity contribution is 9.10. The Kier molecular flexibility index (Phi) is 5.47. The molecule has 0 aliphatic rings. The summed E-state index contributed by atoms with van der Waals surface area (Å²) in [7, 11) is 0. The van der Waals surface area contributed by atoms with Gasteiger partial charge in [-0.1, -0.05) is 6.92 Å². The molecular weight excluding hydrogens is 311 g/mol. The van der Waals surface area contributed by atoms with Gasteiger partial charge in [0, 0.05) is 16.7 Å². The molecule has 0 saturated carbocycles. The van der Waals surface area contributed by atoms with Gasteiger partial charge in [-0.3, -0.25) is 0 Å². The maximum Gasteiger partial charge on any atom is 0.416 e. The number of hydrogen-bond donors (Lipinski definition) is 2. The van der Waals surface area contributed by atoms with Gasteiger partial charge in [0.2, 0.25) is 0 Å². The first-order valence-electron chi connectivity index (χ1n) is 5.63. The molecule has 102 valence electrons. The van der Waals surface area contributed by atoms with E-state index in [1.54, 1.807) is 0 Å². The maximum absolute atomic E-state index is 12.4. The Labute approximate surface area is 112 Å². The molecule has 1 aromatic carbocycles. The minimum atomic E-state index is -4.33. The zero-order chi connectivity index (χ0) is 13.8. The Bertz CT molecular complexity index is 395. The smallest absolute Gasteiger partial charge is 0.393 e. The van der Waals surface area contributed by atoms with E-state index in [0.717, 1.165) is 12.1 Å². The lowest BCUT2D eigenvalue weighted by molar-refractivity contribution is -0.137. The Hall–Kier alpha value is -0.750. The molecule has 0 aliphatic carbocycles.